The number of aliphatic imine (C=N–C) groups is 1. The molecule has 0 amide bonds. The van der Waals surface area contributed by atoms with Crippen molar-refractivity contribution in [3.63, 3.8) is 0 Å². The fraction of sp³-hybridized carbons (Fsp3) is 0.500. The molecule has 0 aromatic carbocycles. The molecule has 0 bridgehead atoms. The van der Waals surface area contributed by atoms with Crippen LogP contribution in [0.4, 0.5) is 0 Å². The maximum atomic E-state index is 4.36. The molecule has 11 heavy (non-hydrogen) atoms. The zero-order chi connectivity index (χ0) is 8.01. The maximum Gasteiger partial charge on any atom is 0.122 e. The van der Waals surface area contributed by atoms with Crippen LogP contribution in [0.25, 0.3) is 0 Å². The first-order chi connectivity index (χ1) is 5.20. The quantitative estimate of drug-likeness (QED) is 0.546. The lowest BCUT2D eigenvalue weighted by Gasteiger charge is -1.92. The molecule has 1 aliphatic heterocycles. The first-order valence-corrected chi connectivity index (χ1v) is 3.76. The molecular formula is C8H11N3. The molecule has 1 aromatic heterocycles. The van der Waals surface area contributed by atoms with E-state index in [9.17, 15) is 0 Å². The molecule has 0 atom stereocenters. The predicted octanol–water partition coefficient (Wildman–Crippen LogP) is 1.28. The summed E-state index contributed by atoms with van der Waals surface area (Å²) in [6, 6.07) is 0. The number of hydrogen-bond acceptors (Lipinski definition) is 2. The smallest absolute Gasteiger partial charge is 0.122 e. The molecule has 2 rings (SSSR count). The number of nitrogens with zero attached hydrogens (tertiary/aromatic N) is 3. The van der Waals surface area contributed by atoms with E-state index in [-0.39, 0.29) is 0 Å². The van der Waals surface area contributed by atoms with Gasteiger partial charge in [0.1, 0.15) is 5.84 Å². The summed E-state index contributed by atoms with van der Waals surface area (Å²) in [6.07, 6.45) is 0. The summed E-state index contributed by atoms with van der Waals surface area (Å²) in [5.74, 6) is 1.01. The van der Waals surface area contributed by atoms with Crippen LogP contribution < -0.4 is 0 Å². The molecule has 0 spiro atoms. The van der Waals surface area contributed by atoms with Gasteiger partial charge in [0, 0.05) is 0 Å². The summed E-state index contributed by atoms with van der Waals surface area (Å²) in [4.78, 5) is 4.28. The standard InChI is InChI=1S/C8H11N3/c1-5-6(2)10-11-7(3)9-4-8(5)11/h4H2,1-3H3. The van der Waals surface area contributed by atoms with Gasteiger partial charge in [0.2, 0.25) is 0 Å². The van der Waals surface area contributed by atoms with E-state index in [0.29, 0.717) is 0 Å². The highest BCUT2D eigenvalue weighted by atomic mass is 15.3. The first-order valence-electron chi connectivity index (χ1n) is 3.76. The molecule has 0 radical (unpaired) electrons. The average Bonchev–Trinajstić information content (AvgIpc) is 2.43. The maximum absolute atomic E-state index is 4.36. The molecule has 0 fully saturated rings. The van der Waals surface area contributed by atoms with Crippen molar-refractivity contribution in [2.45, 2.75) is 27.3 Å². The largest absolute Gasteiger partial charge is 0.264 e. The lowest BCUT2D eigenvalue weighted by Crippen LogP contribution is -2.05. The van der Waals surface area contributed by atoms with Gasteiger partial charge >= 0.3 is 0 Å². The van der Waals surface area contributed by atoms with Crippen LogP contribution in [-0.4, -0.2) is 15.6 Å². The van der Waals surface area contributed by atoms with E-state index < -0.39 is 0 Å². The van der Waals surface area contributed by atoms with E-state index in [1.165, 1.54) is 11.3 Å². The third-order valence-electron chi connectivity index (χ3n) is 2.25. The third-order valence-corrected chi connectivity index (χ3v) is 2.25. The highest BCUT2D eigenvalue weighted by Crippen LogP contribution is 2.17. The van der Waals surface area contributed by atoms with Gasteiger partial charge in [-0.3, -0.25) is 4.99 Å². The summed E-state index contributed by atoms with van der Waals surface area (Å²) in [6.45, 7) is 6.93. The highest BCUT2D eigenvalue weighted by Gasteiger charge is 2.16. The van der Waals surface area contributed by atoms with E-state index in [4.69, 9.17) is 0 Å². The van der Waals surface area contributed by atoms with Crippen LogP contribution in [0.15, 0.2) is 4.99 Å². The minimum Gasteiger partial charge on any atom is -0.264 e. The molecule has 0 N–H and O–H groups in total. The molecule has 58 valence electrons. The zero-order valence-electron chi connectivity index (χ0n) is 7.05. The Hall–Kier alpha value is -1.12. The Labute approximate surface area is 65.8 Å². The molecule has 3 nitrogen and oxygen atoms in total. The van der Waals surface area contributed by atoms with Crippen LogP contribution in [0, 0.1) is 13.8 Å². The second-order valence-electron chi connectivity index (χ2n) is 2.93. The second kappa shape index (κ2) is 1.94. The van der Waals surface area contributed by atoms with Gasteiger partial charge in [-0.05, 0) is 26.3 Å². The van der Waals surface area contributed by atoms with Gasteiger partial charge in [0.15, 0.2) is 0 Å². The van der Waals surface area contributed by atoms with Gasteiger partial charge in [-0.1, -0.05) is 0 Å². The van der Waals surface area contributed by atoms with E-state index >= 15 is 0 Å². The van der Waals surface area contributed by atoms with E-state index in [0.717, 1.165) is 18.1 Å². The van der Waals surface area contributed by atoms with E-state index in [1.54, 1.807) is 0 Å². The van der Waals surface area contributed by atoms with Gasteiger partial charge in [0.05, 0.1) is 17.9 Å². The summed E-state index contributed by atoms with van der Waals surface area (Å²) < 4.78 is 1.94. The van der Waals surface area contributed by atoms with Crippen LogP contribution in [0.2, 0.25) is 0 Å². The molecule has 0 aliphatic carbocycles. The molecule has 1 aromatic rings. The fourth-order valence-corrected chi connectivity index (χ4v) is 1.36. The van der Waals surface area contributed by atoms with Crippen molar-refractivity contribution in [3.8, 4) is 0 Å². The molecule has 0 saturated carbocycles. The third kappa shape index (κ3) is 0.737. The number of aromatic nitrogens is 2. The average molecular weight is 149 g/mol. The minimum atomic E-state index is 0.804. The minimum absolute atomic E-state index is 0.804. The number of rotatable bonds is 0. The van der Waals surface area contributed by atoms with Crippen molar-refractivity contribution >= 4 is 5.84 Å². The highest BCUT2D eigenvalue weighted by molar-refractivity contribution is 5.84. The molecule has 0 unspecified atom stereocenters. The number of aryl methyl sites for hydroxylation is 1. The molecule has 1 aliphatic rings. The SMILES string of the molecule is CC1=NCc2c(C)c(C)nn21. The Balaban J connectivity index is 2.65. The topological polar surface area (TPSA) is 30.2 Å². The van der Waals surface area contributed by atoms with Crippen LogP contribution in [0.3, 0.4) is 0 Å². The number of fused-ring (bicyclic) bond motifs is 1. The summed E-state index contributed by atoms with van der Waals surface area (Å²) >= 11 is 0. The molecule has 3 heteroatoms. The lowest BCUT2D eigenvalue weighted by molar-refractivity contribution is 0.890. The molecule has 0 saturated heterocycles. The van der Waals surface area contributed by atoms with Gasteiger partial charge in [-0.25, -0.2) is 4.68 Å². The van der Waals surface area contributed by atoms with Crippen LogP contribution >= 0.6 is 0 Å². The van der Waals surface area contributed by atoms with Crippen molar-refractivity contribution in [3.05, 3.63) is 17.0 Å². The Morgan fingerprint density at radius 3 is 2.64 bits per heavy atom. The second-order valence-corrected chi connectivity index (χ2v) is 2.93. The van der Waals surface area contributed by atoms with Crippen LogP contribution in [0.5, 0.6) is 0 Å². The Morgan fingerprint density at radius 2 is 2.00 bits per heavy atom. The number of hydrogen-bond donors (Lipinski definition) is 0. The van der Waals surface area contributed by atoms with Crippen molar-refractivity contribution < 1.29 is 0 Å². The summed E-state index contributed by atoms with van der Waals surface area (Å²) in [5, 5.41) is 4.36. The van der Waals surface area contributed by atoms with Gasteiger partial charge in [-0.2, -0.15) is 5.10 Å². The molecule has 2 heterocycles. The van der Waals surface area contributed by atoms with Crippen molar-refractivity contribution in [1.82, 2.24) is 9.78 Å². The van der Waals surface area contributed by atoms with Crippen molar-refractivity contribution in [1.29, 1.82) is 0 Å². The summed E-state index contributed by atoms with van der Waals surface area (Å²) in [5.41, 5.74) is 3.65. The van der Waals surface area contributed by atoms with Gasteiger partial charge in [0.25, 0.3) is 0 Å². The lowest BCUT2D eigenvalue weighted by atomic mass is 10.2. The monoisotopic (exact) mass is 149 g/mol. The normalized spacial score (nSPS) is 15.0. The zero-order valence-corrected chi connectivity index (χ0v) is 7.05. The predicted molar refractivity (Wildman–Crippen MR) is 43.9 cm³/mol. The van der Waals surface area contributed by atoms with E-state index in [2.05, 4.69) is 17.0 Å². The van der Waals surface area contributed by atoms with Gasteiger partial charge in [-0.15, -0.1) is 0 Å². The first kappa shape index (κ1) is 6.58. The van der Waals surface area contributed by atoms with Gasteiger partial charge < -0.3 is 0 Å². The fourth-order valence-electron chi connectivity index (χ4n) is 1.36. The summed E-state index contributed by atoms with van der Waals surface area (Å²) in [7, 11) is 0. The molecular weight excluding hydrogens is 138 g/mol. The Kier molecular flexibility index (Phi) is 1.16. The Morgan fingerprint density at radius 1 is 1.27 bits per heavy atom. The van der Waals surface area contributed by atoms with Crippen LogP contribution in [-0.2, 0) is 6.54 Å². The van der Waals surface area contributed by atoms with Crippen LogP contribution in [0.1, 0.15) is 23.9 Å². The van der Waals surface area contributed by atoms with Crippen molar-refractivity contribution in [2.24, 2.45) is 4.99 Å². The Bertz CT molecular complexity index is 333. The van der Waals surface area contributed by atoms with Crippen molar-refractivity contribution in [2.75, 3.05) is 0 Å². The van der Waals surface area contributed by atoms with E-state index in [1.807, 2.05) is 18.5 Å².